The average Bonchev–Trinajstić information content (AvgIpc) is 2.41. The van der Waals surface area contributed by atoms with E-state index in [1.165, 1.54) is 0 Å². The van der Waals surface area contributed by atoms with Gasteiger partial charge in [0, 0.05) is 5.02 Å². The summed E-state index contributed by atoms with van der Waals surface area (Å²) < 4.78 is 0. The van der Waals surface area contributed by atoms with Crippen molar-refractivity contribution in [3.63, 3.8) is 0 Å². The highest BCUT2D eigenvalue weighted by Crippen LogP contribution is 2.22. The Morgan fingerprint density at radius 1 is 1.15 bits per heavy atom. The molecule has 0 saturated heterocycles. The van der Waals surface area contributed by atoms with Crippen molar-refractivity contribution in [1.82, 2.24) is 5.32 Å². The first-order valence-corrected chi connectivity index (χ1v) is 7.06. The zero-order chi connectivity index (χ0) is 14.7. The summed E-state index contributed by atoms with van der Waals surface area (Å²) in [5, 5.41) is 3.82. The van der Waals surface area contributed by atoms with Crippen LogP contribution in [0.4, 0.5) is 0 Å². The first-order valence-electron chi connectivity index (χ1n) is 6.30. The monoisotopic (exact) mass is 307 g/mol. The fraction of sp³-hybridized carbons (Fsp3) is 0.188. The van der Waals surface area contributed by atoms with Crippen molar-refractivity contribution in [2.75, 3.05) is 0 Å². The number of carbonyl (C=O) groups is 1. The molecule has 1 unspecified atom stereocenters. The van der Waals surface area contributed by atoms with Crippen LogP contribution >= 0.6 is 23.2 Å². The Balaban J connectivity index is 2.20. The van der Waals surface area contributed by atoms with E-state index in [9.17, 15) is 4.79 Å². The number of halogens is 2. The molecule has 20 heavy (non-hydrogen) atoms. The number of aryl methyl sites for hydroxylation is 1. The zero-order valence-corrected chi connectivity index (χ0v) is 12.8. The third-order valence-corrected chi connectivity index (χ3v) is 3.74. The van der Waals surface area contributed by atoms with Gasteiger partial charge < -0.3 is 5.32 Å². The molecule has 0 saturated carbocycles. The van der Waals surface area contributed by atoms with Crippen LogP contribution < -0.4 is 5.32 Å². The van der Waals surface area contributed by atoms with Crippen molar-refractivity contribution < 1.29 is 4.79 Å². The summed E-state index contributed by atoms with van der Waals surface area (Å²) in [4.78, 5) is 12.3. The maximum atomic E-state index is 12.3. The zero-order valence-electron chi connectivity index (χ0n) is 11.3. The standard InChI is InChI=1S/C16H15Cl2NO/c1-10-5-3-4-6-13(10)11(2)19-16(20)14-9-12(17)7-8-15(14)18/h3-9,11H,1-2H3,(H,19,20). The smallest absolute Gasteiger partial charge is 0.253 e. The van der Waals surface area contributed by atoms with E-state index in [4.69, 9.17) is 23.2 Å². The summed E-state index contributed by atoms with van der Waals surface area (Å²) in [6.45, 7) is 3.96. The number of benzene rings is 2. The molecular weight excluding hydrogens is 293 g/mol. The van der Waals surface area contributed by atoms with E-state index in [0.29, 0.717) is 15.6 Å². The Bertz CT molecular complexity index is 640. The van der Waals surface area contributed by atoms with Crippen LogP contribution in [0, 0.1) is 6.92 Å². The molecule has 1 atom stereocenters. The molecule has 2 aromatic rings. The second-order valence-corrected chi connectivity index (χ2v) is 5.52. The molecule has 0 heterocycles. The van der Waals surface area contributed by atoms with Crippen LogP contribution in [0.5, 0.6) is 0 Å². The lowest BCUT2D eigenvalue weighted by molar-refractivity contribution is 0.0940. The normalized spacial score (nSPS) is 12.0. The first-order chi connectivity index (χ1) is 9.49. The van der Waals surface area contributed by atoms with Gasteiger partial charge in [-0.05, 0) is 43.2 Å². The Morgan fingerprint density at radius 2 is 1.85 bits per heavy atom. The van der Waals surface area contributed by atoms with E-state index in [1.807, 2.05) is 38.1 Å². The average molecular weight is 308 g/mol. The highest BCUT2D eigenvalue weighted by molar-refractivity contribution is 6.35. The third-order valence-electron chi connectivity index (χ3n) is 3.18. The number of hydrogen-bond donors (Lipinski definition) is 1. The minimum Gasteiger partial charge on any atom is -0.345 e. The van der Waals surface area contributed by atoms with Gasteiger partial charge >= 0.3 is 0 Å². The summed E-state index contributed by atoms with van der Waals surface area (Å²) in [5.74, 6) is -0.228. The van der Waals surface area contributed by atoms with E-state index < -0.39 is 0 Å². The van der Waals surface area contributed by atoms with Gasteiger partial charge in [-0.1, -0.05) is 47.5 Å². The fourth-order valence-corrected chi connectivity index (χ4v) is 2.47. The van der Waals surface area contributed by atoms with Crippen molar-refractivity contribution in [3.8, 4) is 0 Å². The highest BCUT2D eigenvalue weighted by atomic mass is 35.5. The van der Waals surface area contributed by atoms with Gasteiger partial charge in [0.1, 0.15) is 0 Å². The van der Waals surface area contributed by atoms with Crippen LogP contribution in [0.25, 0.3) is 0 Å². The second kappa shape index (κ2) is 6.29. The van der Waals surface area contributed by atoms with Gasteiger partial charge in [0.2, 0.25) is 0 Å². The van der Waals surface area contributed by atoms with Gasteiger partial charge in [-0.15, -0.1) is 0 Å². The van der Waals surface area contributed by atoms with Gasteiger partial charge in [-0.3, -0.25) is 4.79 Å². The van der Waals surface area contributed by atoms with Gasteiger partial charge in [0.05, 0.1) is 16.6 Å². The second-order valence-electron chi connectivity index (χ2n) is 4.68. The molecule has 0 fully saturated rings. The number of amides is 1. The Morgan fingerprint density at radius 3 is 2.55 bits per heavy atom. The van der Waals surface area contributed by atoms with Crippen LogP contribution in [0.1, 0.15) is 34.5 Å². The van der Waals surface area contributed by atoms with Crippen molar-refractivity contribution in [2.45, 2.75) is 19.9 Å². The molecule has 2 nitrogen and oxygen atoms in total. The Hall–Kier alpha value is -1.51. The van der Waals surface area contributed by atoms with Crippen molar-refractivity contribution >= 4 is 29.1 Å². The molecule has 0 bridgehead atoms. The topological polar surface area (TPSA) is 29.1 Å². The molecule has 0 aromatic heterocycles. The summed E-state index contributed by atoms with van der Waals surface area (Å²) >= 11 is 11.9. The van der Waals surface area contributed by atoms with Crippen LogP contribution in [-0.4, -0.2) is 5.91 Å². The highest BCUT2D eigenvalue weighted by Gasteiger charge is 2.15. The van der Waals surface area contributed by atoms with Crippen molar-refractivity contribution in [3.05, 3.63) is 69.2 Å². The molecule has 0 spiro atoms. The molecule has 0 radical (unpaired) electrons. The van der Waals surface area contributed by atoms with Gasteiger partial charge in [0.25, 0.3) is 5.91 Å². The Kier molecular flexibility index (Phi) is 4.69. The predicted octanol–water partition coefficient (Wildman–Crippen LogP) is 4.79. The molecule has 2 rings (SSSR count). The van der Waals surface area contributed by atoms with Crippen LogP contribution in [0.2, 0.25) is 10.0 Å². The molecule has 0 aliphatic rings. The molecule has 1 N–H and O–H groups in total. The maximum Gasteiger partial charge on any atom is 0.253 e. The van der Waals surface area contributed by atoms with E-state index in [0.717, 1.165) is 11.1 Å². The number of hydrogen-bond acceptors (Lipinski definition) is 1. The van der Waals surface area contributed by atoms with Crippen molar-refractivity contribution in [1.29, 1.82) is 0 Å². The minimum atomic E-state index is -0.228. The lowest BCUT2D eigenvalue weighted by atomic mass is 10.0. The van der Waals surface area contributed by atoms with Gasteiger partial charge in [-0.2, -0.15) is 0 Å². The summed E-state index contributed by atoms with van der Waals surface area (Å²) in [6, 6.07) is 12.7. The molecular formula is C16H15Cl2NO. The molecule has 2 aromatic carbocycles. The molecule has 0 aliphatic carbocycles. The minimum absolute atomic E-state index is 0.0984. The third kappa shape index (κ3) is 3.33. The van der Waals surface area contributed by atoms with Crippen LogP contribution in [-0.2, 0) is 0 Å². The van der Waals surface area contributed by atoms with E-state index in [1.54, 1.807) is 18.2 Å². The first kappa shape index (κ1) is 14.9. The van der Waals surface area contributed by atoms with Gasteiger partial charge in [0.15, 0.2) is 0 Å². The SMILES string of the molecule is Cc1ccccc1C(C)NC(=O)c1cc(Cl)ccc1Cl. The predicted molar refractivity (Wildman–Crippen MR) is 83.5 cm³/mol. The summed E-state index contributed by atoms with van der Waals surface area (Å²) in [5.41, 5.74) is 2.61. The largest absolute Gasteiger partial charge is 0.345 e. The Labute approximate surface area is 128 Å². The fourth-order valence-electron chi connectivity index (χ4n) is 2.10. The van der Waals surface area contributed by atoms with Crippen LogP contribution in [0.15, 0.2) is 42.5 Å². The lowest BCUT2D eigenvalue weighted by Crippen LogP contribution is -2.27. The van der Waals surface area contributed by atoms with Crippen molar-refractivity contribution in [2.24, 2.45) is 0 Å². The van der Waals surface area contributed by atoms with E-state index in [-0.39, 0.29) is 11.9 Å². The van der Waals surface area contributed by atoms with Gasteiger partial charge in [-0.25, -0.2) is 0 Å². The summed E-state index contributed by atoms with van der Waals surface area (Å²) in [6.07, 6.45) is 0. The molecule has 1 amide bonds. The maximum absolute atomic E-state index is 12.3. The summed E-state index contributed by atoms with van der Waals surface area (Å²) in [7, 11) is 0. The lowest BCUT2D eigenvalue weighted by Gasteiger charge is -2.17. The van der Waals surface area contributed by atoms with E-state index >= 15 is 0 Å². The number of carbonyl (C=O) groups excluding carboxylic acids is 1. The van der Waals surface area contributed by atoms with E-state index in [2.05, 4.69) is 5.32 Å². The quantitative estimate of drug-likeness (QED) is 0.867. The number of nitrogens with one attached hydrogen (secondary N) is 1. The molecule has 4 heteroatoms. The van der Waals surface area contributed by atoms with Crippen LogP contribution in [0.3, 0.4) is 0 Å². The molecule has 0 aliphatic heterocycles. The number of rotatable bonds is 3. The molecule has 104 valence electrons.